The van der Waals surface area contributed by atoms with E-state index >= 15 is 0 Å². The van der Waals surface area contributed by atoms with Crippen LogP contribution in [0.5, 0.6) is 23.0 Å². The van der Waals surface area contributed by atoms with Crippen LogP contribution < -0.4 is 24.4 Å². The number of carbonyl (C=O) groups excluding carboxylic acids is 1. The van der Waals surface area contributed by atoms with Crippen LogP contribution in [0.15, 0.2) is 60.7 Å². The van der Waals surface area contributed by atoms with Gasteiger partial charge >= 0.3 is 0 Å². The number of methoxy groups -OCH3 is 1. The molecule has 1 atom stereocenters. The van der Waals surface area contributed by atoms with Gasteiger partial charge in [0.15, 0.2) is 23.0 Å². The molecule has 0 aromatic heterocycles. The summed E-state index contributed by atoms with van der Waals surface area (Å²) in [5.74, 6) is 1.45. The predicted molar refractivity (Wildman–Crippen MR) is 107 cm³/mol. The van der Waals surface area contributed by atoms with E-state index in [2.05, 4.69) is 5.32 Å². The van der Waals surface area contributed by atoms with Gasteiger partial charge in [-0.2, -0.15) is 0 Å². The molecule has 3 aromatic carbocycles. The minimum atomic E-state index is -0.533. The summed E-state index contributed by atoms with van der Waals surface area (Å²) in [6.45, 7) is 0.156. The average Bonchev–Trinajstić information content (AvgIpc) is 3.21. The van der Waals surface area contributed by atoms with E-state index in [1.807, 2.05) is 30.3 Å². The number of para-hydroxylation sites is 1. The third-order valence-corrected chi connectivity index (χ3v) is 5.08. The second-order valence-corrected chi connectivity index (χ2v) is 6.74. The quantitative estimate of drug-likeness (QED) is 0.706. The summed E-state index contributed by atoms with van der Waals surface area (Å²) in [6, 6.07) is 17.8. The smallest absolute Gasteiger partial charge is 0.262 e. The van der Waals surface area contributed by atoms with Crippen molar-refractivity contribution in [3.8, 4) is 23.0 Å². The van der Waals surface area contributed by atoms with E-state index in [0.717, 1.165) is 5.69 Å². The van der Waals surface area contributed by atoms with Gasteiger partial charge in [-0.25, -0.2) is 0 Å². The zero-order valence-electron chi connectivity index (χ0n) is 15.6. The van der Waals surface area contributed by atoms with Crippen LogP contribution in [0.2, 0.25) is 0 Å². The van der Waals surface area contributed by atoms with E-state index in [1.54, 1.807) is 35.2 Å². The summed E-state index contributed by atoms with van der Waals surface area (Å²) in [5, 5.41) is 13.7. The van der Waals surface area contributed by atoms with Crippen LogP contribution in [0.1, 0.15) is 22.1 Å². The molecule has 0 saturated heterocycles. The lowest BCUT2D eigenvalue weighted by Gasteiger charge is -2.38. The number of phenols is 1. The highest BCUT2D eigenvalue weighted by atomic mass is 16.7. The molecular weight excluding hydrogens is 372 g/mol. The van der Waals surface area contributed by atoms with Crippen molar-refractivity contribution in [2.24, 2.45) is 0 Å². The van der Waals surface area contributed by atoms with Gasteiger partial charge in [-0.15, -0.1) is 0 Å². The molecule has 0 fully saturated rings. The van der Waals surface area contributed by atoms with Gasteiger partial charge in [-0.1, -0.05) is 18.2 Å². The van der Waals surface area contributed by atoms with Gasteiger partial charge in [0, 0.05) is 11.8 Å². The van der Waals surface area contributed by atoms with Gasteiger partial charge in [-0.05, 0) is 42.0 Å². The number of hydrogen-bond acceptors (Lipinski definition) is 6. The maximum Gasteiger partial charge on any atom is 0.262 e. The molecular formula is C22H18N2O5. The maximum atomic E-state index is 13.4. The Labute approximate surface area is 167 Å². The Hall–Kier alpha value is -3.87. The summed E-state index contributed by atoms with van der Waals surface area (Å²) in [6.07, 6.45) is -0.533. The average molecular weight is 390 g/mol. The normalized spacial score (nSPS) is 16.9. The third kappa shape index (κ3) is 2.79. The minimum Gasteiger partial charge on any atom is -0.504 e. The van der Waals surface area contributed by atoms with Gasteiger partial charge in [0.2, 0.25) is 6.79 Å². The topological polar surface area (TPSA) is 80.3 Å². The Morgan fingerprint density at radius 1 is 1.07 bits per heavy atom. The van der Waals surface area contributed by atoms with Gasteiger partial charge in [0.05, 0.1) is 18.4 Å². The number of nitrogens with zero attached hydrogens (tertiary/aromatic N) is 1. The number of phenolic OH excluding ortho intramolecular Hbond substituents is 1. The number of ether oxygens (including phenoxy) is 3. The van der Waals surface area contributed by atoms with Crippen molar-refractivity contribution in [2.75, 3.05) is 24.1 Å². The van der Waals surface area contributed by atoms with E-state index in [4.69, 9.17) is 14.2 Å². The monoisotopic (exact) mass is 390 g/mol. The second-order valence-electron chi connectivity index (χ2n) is 6.74. The van der Waals surface area contributed by atoms with Crippen molar-refractivity contribution >= 4 is 17.3 Å². The number of rotatable bonds is 3. The Balaban J connectivity index is 1.64. The van der Waals surface area contributed by atoms with Crippen LogP contribution in [-0.2, 0) is 0 Å². The molecule has 2 aliphatic rings. The molecule has 1 unspecified atom stereocenters. The number of aromatic hydroxyl groups is 1. The Morgan fingerprint density at radius 2 is 1.90 bits per heavy atom. The molecule has 2 heterocycles. The SMILES string of the molecule is COc1ccc(C2Nc3ccccc3C(=O)N2c2ccc3c(c2)OCO3)cc1O. The highest BCUT2D eigenvalue weighted by Crippen LogP contribution is 2.42. The first-order chi connectivity index (χ1) is 14.2. The van der Waals surface area contributed by atoms with Crippen LogP contribution >= 0.6 is 0 Å². The summed E-state index contributed by atoms with van der Waals surface area (Å²) in [5.41, 5.74) is 2.67. The molecule has 7 heteroatoms. The van der Waals surface area contributed by atoms with E-state index in [0.29, 0.717) is 34.1 Å². The van der Waals surface area contributed by atoms with Gasteiger partial charge in [0.25, 0.3) is 5.91 Å². The molecule has 0 bridgehead atoms. The van der Waals surface area contributed by atoms with Crippen LogP contribution in [0.3, 0.4) is 0 Å². The first-order valence-corrected chi connectivity index (χ1v) is 9.11. The van der Waals surface area contributed by atoms with Crippen molar-refractivity contribution in [1.29, 1.82) is 0 Å². The fourth-order valence-corrected chi connectivity index (χ4v) is 3.67. The molecule has 2 N–H and O–H groups in total. The third-order valence-electron chi connectivity index (χ3n) is 5.08. The largest absolute Gasteiger partial charge is 0.504 e. The molecule has 0 radical (unpaired) electrons. The lowest BCUT2D eigenvalue weighted by molar-refractivity contribution is 0.0975. The van der Waals surface area contributed by atoms with Gasteiger partial charge in [0.1, 0.15) is 6.17 Å². The molecule has 146 valence electrons. The van der Waals surface area contributed by atoms with Crippen molar-refractivity contribution < 1.29 is 24.1 Å². The van der Waals surface area contributed by atoms with E-state index < -0.39 is 6.17 Å². The molecule has 0 saturated carbocycles. The minimum absolute atomic E-state index is 0.00347. The lowest BCUT2D eigenvalue weighted by Crippen LogP contribution is -2.43. The second kappa shape index (κ2) is 6.63. The van der Waals surface area contributed by atoms with Crippen LogP contribution in [0, 0.1) is 0 Å². The molecule has 29 heavy (non-hydrogen) atoms. The lowest BCUT2D eigenvalue weighted by atomic mass is 10.0. The number of benzene rings is 3. The van der Waals surface area contributed by atoms with Crippen LogP contribution in [-0.4, -0.2) is 24.9 Å². The Bertz CT molecular complexity index is 1110. The number of carbonyl (C=O) groups is 1. The van der Waals surface area contributed by atoms with E-state index in [-0.39, 0.29) is 18.4 Å². The number of hydrogen-bond donors (Lipinski definition) is 2. The molecule has 1 amide bonds. The summed E-state index contributed by atoms with van der Waals surface area (Å²) in [7, 11) is 1.49. The molecule has 2 aliphatic heterocycles. The highest BCUT2D eigenvalue weighted by Gasteiger charge is 2.35. The summed E-state index contributed by atoms with van der Waals surface area (Å²) >= 11 is 0. The van der Waals surface area contributed by atoms with E-state index in [1.165, 1.54) is 7.11 Å². The van der Waals surface area contributed by atoms with Crippen LogP contribution in [0.4, 0.5) is 11.4 Å². The summed E-state index contributed by atoms with van der Waals surface area (Å²) < 4.78 is 16.0. The number of anilines is 2. The molecule has 0 aliphatic carbocycles. The first kappa shape index (κ1) is 17.2. The molecule has 5 rings (SSSR count). The number of amides is 1. The summed E-state index contributed by atoms with van der Waals surface area (Å²) in [4.78, 5) is 15.1. The standard InChI is InChI=1S/C22H18N2O5/c1-27-18-8-6-13(10-17(18)25)21-23-16-5-3-2-4-15(16)22(26)24(21)14-7-9-19-20(11-14)29-12-28-19/h2-11,21,23,25H,12H2,1H3. The molecule has 7 nitrogen and oxygen atoms in total. The first-order valence-electron chi connectivity index (χ1n) is 9.11. The molecule has 0 spiro atoms. The van der Waals surface area contributed by atoms with Crippen molar-refractivity contribution in [3.63, 3.8) is 0 Å². The van der Waals surface area contributed by atoms with Crippen molar-refractivity contribution in [2.45, 2.75) is 6.17 Å². The maximum absolute atomic E-state index is 13.4. The molecule has 3 aromatic rings. The fourth-order valence-electron chi connectivity index (χ4n) is 3.67. The zero-order valence-corrected chi connectivity index (χ0v) is 15.6. The Morgan fingerprint density at radius 3 is 2.72 bits per heavy atom. The zero-order chi connectivity index (χ0) is 20.0. The Kier molecular flexibility index (Phi) is 3.94. The highest BCUT2D eigenvalue weighted by molar-refractivity contribution is 6.12. The predicted octanol–water partition coefficient (Wildman–Crippen LogP) is 3.90. The number of nitrogens with one attached hydrogen (secondary N) is 1. The van der Waals surface area contributed by atoms with Gasteiger partial charge < -0.3 is 24.6 Å². The fraction of sp³-hybridized carbons (Fsp3) is 0.136. The number of fused-ring (bicyclic) bond motifs is 2. The van der Waals surface area contributed by atoms with Crippen molar-refractivity contribution in [3.05, 3.63) is 71.8 Å². The van der Waals surface area contributed by atoms with Crippen LogP contribution in [0.25, 0.3) is 0 Å². The van der Waals surface area contributed by atoms with Gasteiger partial charge in [-0.3, -0.25) is 9.69 Å². The van der Waals surface area contributed by atoms with E-state index in [9.17, 15) is 9.90 Å². The van der Waals surface area contributed by atoms with Crippen molar-refractivity contribution in [1.82, 2.24) is 0 Å².